The average molecular weight is 485 g/mol. The molecule has 0 spiro atoms. The van der Waals surface area contributed by atoms with Crippen LogP contribution in [0.1, 0.15) is 33.2 Å². The summed E-state index contributed by atoms with van der Waals surface area (Å²) in [5.41, 5.74) is 4.37. The Balaban J connectivity index is 1.48. The van der Waals surface area contributed by atoms with Gasteiger partial charge in [-0.25, -0.2) is 0 Å². The van der Waals surface area contributed by atoms with Crippen molar-refractivity contribution in [2.45, 2.75) is 19.3 Å². The van der Waals surface area contributed by atoms with Crippen LogP contribution >= 0.6 is 11.6 Å². The minimum atomic E-state index is -0.349. The van der Waals surface area contributed by atoms with Crippen molar-refractivity contribution in [1.29, 1.82) is 0 Å². The highest BCUT2D eigenvalue weighted by atomic mass is 35.5. The normalized spacial score (nSPS) is 14.7. The lowest BCUT2D eigenvalue weighted by Gasteiger charge is -2.38. The van der Waals surface area contributed by atoms with Crippen molar-refractivity contribution in [2.24, 2.45) is 0 Å². The highest BCUT2D eigenvalue weighted by Crippen LogP contribution is 2.36. The minimum Gasteiger partial charge on any atom is -0.496 e. The molecule has 35 heavy (non-hydrogen) atoms. The molecule has 0 saturated heterocycles. The van der Waals surface area contributed by atoms with E-state index >= 15 is 0 Å². The zero-order valence-electron chi connectivity index (χ0n) is 19.3. The molecule has 4 aromatic carbocycles. The first-order valence-electron chi connectivity index (χ1n) is 11.4. The Kier molecular flexibility index (Phi) is 6.59. The Labute approximate surface area is 209 Å². The summed E-state index contributed by atoms with van der Waals surface area (Å²) < 4.78 is 11.6. The number of nitrogens with one attached hydrogen (secondary N) is 1. The van der Waals surface area contributed by atoms with E-state index in [9.17, 15) is 4.79 Å². The standard InChI is InChI=1S/C29H25ClN2O3/c1-34-27-16-11-21(17-22(27)19-35-24-14-12-23(30)13-15-24)28-31-26-10-6-5-9-25(26)29(33)32(28)18-20-7-3-2-4-8-20/h2-17,28,31H,18-19H2,1H3. The van der Waals surface area contributed by atoms with E-state index in [-0.39, 0.29) is 12.1 Å². The number of carbonyl (C=O) groups excluding carboxylic acids is 1. The van der Waals surface area contributed by atoms with Crippen molar-refractivity contribution < 1.29 is 14.3 Å². The smallest absolute Gasteiger partial charge is 0.258 e. The third kappa shape index (κ3) is 4.96. The monoisotopic (exact) mass is 484 g/mol. The molecule has 0 radical (unpaired) electrons. The molecule has 0 aromatic heterocycles. The van der Waals surface area contributed by atoms with Gasteiger partial charge in [-0.15, -0.1) is 0 Å². The molecule has 176 valence electrons. The van der Waals surface area contributed by atoms with E-state index in [0.29, 0.717) is 29.5 Å². The van der Waals surface area contributed by atoms with Crippen LogP contribution in [0.2, 0.25) is 5.02 Å². The molecular weight excluding hydrogens is 460 g/mol. The number of nitrogens with zero attached hydrogens (tertiary/aromatic N) is 1. The molecule has 1 N–H and O–H groups in total. The molecule has 1 heterocycles. The van der Waals surface area contributed by atoms with Crippen molar-refractivity contribution in [2.75, 3.05) is 12.4 Å². The largest absolute Gasteiger partial charge is 0.496 e. The minimum absolute atomic E-state index is 0.0111. The molecule has 0 aliphatic carbocycles. The zero-order valence-corrected chi connectivity index (χ0v) is 20.0. The van der Waals surface area contributed by atoms with Gasteiger partial charge in [-0.3, -0.25) is 4.79 Å². The van der Waals surface area contributed by atoms with Crippen molar-refractivity contribution in [3.63, 3.8) is 0 Å². The molecule has 4 aromatic rings. The van der Waals surface area contributed by atoms with E-state index < -0.39 is 0 Å². The summed E-state index contributed by atoms with van der Waals surface area (Å²) in [6.45, 7) is 0.795. The van der Waals surface area contributed by atoms with E-state index in [1.807, 2.05) is 89.8 Å². The Morgan fingerprint density at radius 3 is 2.43 bits per heavy atom. The SMILES string of the molecule is COc1ccc(C2Nc3ccccc3C(=O)N2Cc2ccccc2)cc1COc1ccc(Cl)cc1. The maximum Gasteiger partial charge on any atom is 0.258 e. The maximum absolute atomic E-state index is 13.6. The second-order valence-electron chi connectivity index (χ2n) is 8.32. The van der Waals surface area contributed by atoms with Gasteiger partial charge in [0.15, 0.2) is 0 Å². The van der Waals surface area contributed by atoms with Gasteiger partial charge in [0.1, 0.15) is 24.3 Å². The fourth-order valence-corrected chi connectivity index (χ4v) is 4.40. The number of carbonyl (C=O) groups is 1. The molecule has 5 nitrogen and oxygen atoms in total. The lowest BCUT2D eigenvalue weighted by atomic mass is 10.0. The molecule has 1 aliphatic heterocycles. The van der Waals surface area contributed by atoms with Crippen LogP contribution in [0.25, 0.3) is 0 Å². The van der Waals surface area contributed by atoms with Crippen LogP contribution in [-0.2, 0) is 13.2 Å². The molecule has 1 amide bonds. The quantitative estimate of drug-likeness (QED) is 0.317. The summed E-state index contributed by atoms with van der Waals surface area (Å²) in [6.07, 6.45) is -0.349. The van der Waals surface area contributed by atoms with Gasteiger partial charge in [0, 0.05) is 22.8 Å². The Bertz CT molecular complexity index is 1330. The van der Waals surface area contributed by atoms with E-state index in [0.717, 1.165) is 28.1 Å². The highest BCUT2D eigenvalue weighted by Gasteiger charge is 2.33. The number of halogens is 1. The number of hydrogen-bond donors (Lipinski definition) is 1. The summed E-state index contributed by atoms with van der Waals surface area (Å²) in [6, 6.07) is 30.8. The Hall–Kier alpha value is -3.96. The Morgan fingerprint density at radius 2 is 1.66 bits per heavy atom. The van der Waals surface area contributed by atoms with Crippen molar-refractivity contribution in [3.05, 3.63) is 124 Å². The zero-order chi connectivity index (χ0) is 24.2. The van der Waals surface area contributed by atoms with Gasteiger partial charge in [0.25, 0.3) is 5.91 Å². The highest BCUT2D eigenvalue weighted by molar-refractivity contribution is 6.30. The number of methoxy groups -OCH3 is 1. The summed E-state index contributed by atoms with van der Waals surface area (Å²) in [5.74, 6) is 1.43. The van der Waals surface area contributed by atoms with Gasteiger partial charge in [0.2, 0.25) is 0 Å². The fraction of sp³-hybridized carbons (Fsp3) is 0.138. The van der Waals surface area contributed by atoms with Crippen LogP contribution in [-0.4, -0.2) is 17.9 Å². The van der Waals surface area contributed by atoms with Crippen molar-refractivity contribution in [1.82, 2.24) is 4.90 Å². The first kappa shape index (κ1) is 22.8. The maximum atomic E-state index is 13.6. The van der Waals surface area contributed by atoms with Gasteiger partial charge in [-0.05, 0) is 59.7 Å². The number of hydrogen-bond acceptors (Lipinski definition) is 4. The molecule has 0 bridgehead atoms. The van der Waals surface area contributed by atoms with Crippen LogP contribution in [0.5, 0.6) is 11.5 Å². The molecule has 1 atom stereocenters. The molecule has 0 fully saturated rings. The molecule has 6 heteroatoms. The number of amides is 1. The number of para-hydroxylation sites is 1. The summed E-state index contributed by atoms with van der Waals surface area (Å²) in [7, 11) is 1.64. The number of anilines is 1. The van der Waals surface area contributed by atoms with Crippen LogP contribution in [0.15, 0.2) is 97.1 Å². The first-order valence-corrected chi connectivity index (χ1v) is 11.8. The molecule has 0 saturated carbocycles. The Morgan fingerprint density at radius 1 is 0.914 bits per heavy atom. The number of rotatable bonds is 7. The van der Waals surface area contributed by atoms with Crippen LogP contribution in [0, 0.1) is 0 Å². The van der Waals surface area contributed by atoms with Gasteiger partial charge in [-0.2, -0.15) is 0 Å². The predicted octanol–water partition coefficient (Wildman–Crippen LogP) is 6.69. The van der Waals surface area contributed by atoms with Crippen LogP contribution in [0.4, 0.5) is 5.69 Å². The molecule has 5 rings (SSSR count). The number of fused-ring (bicyclic) bond motifs is 1. The van der Waals surface area contributed by atoms with Crippen molar-refractivity contribution >= 4 is 23.2 Å². The lowest BCUT2D eigenvalue weighted by Crippen LogP contribution is -2.42. The number of benzene rings is 4. The summed E-state index contributed by atoms with van der Waals surface area (Å²) in [5, 5.41) is 4.22. The van der Waals surface area contributed by atoms with Gasteiger partial charge in [-0.1, -0.05) is 60.1 Å². The average Bonchev–Trinajstić information content (AvgIpc) is 2.90. The van der Waals surface area contributed by atoms with Gasteiger partial charge >= 0.3 is 0 Å². The van der Waals surface area contributed by atoms with E-state index in [1.165, 1.54) is 0 Å². The van der Waals surface area contributed by atoms with Crippen LogP contribution < -0.4 is 14.8 Å². The second-order valence-corrected chi connectivity index (χ2v) is 8.76. The number of ether oxygens (including phenoxy) is 2. The topological polar surface area (TPSA) is 50.8 Å². The predicted molar refractivity (Wildman–Crippen MR) is 138 cm³/mol. The van der Waals surface area contributed by atoms with E-state index in [2.05, 4.69) is 5.32 Å². The fourth-order valence-electron chi connectivity index (χ4n) is 4.27. The third-order valence-corrected chi connectivity index (χ3v) is 6.30. The van der Waals surface area contributed by atoms with E-state index in [4.69, 9.17) is 21.1 Å². The second kappa shape index (κ2) is 10.1. The summed E-state index contributed by atoms with van der Waals surface area (Å²) in [4.78, 5) is 15.4. The lowest BCUT2D eigenvalue weighted by molar-refractivity contribution is 0.0666. The van der Waals surface area contributed by atoms with Crippen molar-refractivity contribution in [3.8, 4) is 11.5 Å². The molecular formula is C29H25ClN2O3. The first-order chi connectivity index (χ1) is 17.1. The molecule has 1 unspecified atom stereocenters. The summed E-state index contributed by atoms with van der Waals surface area (Å²) >= 11 is 5.99. The van der Waals surface area contributed by atoms with Crippen LogP contribution in [0.3, 0.4) is 0 Å². The molecule has 1 aliphatic rings. The van der Waals surface area contributed by atoms with Gasteiger partial charge in [0.05, 0.1) is 12.7 Å². The van der Waals surface area contributed by atoms with Gasteiger partial charge < -0.3 is 19.7 Å². The van der Waals surface area contributed by atoms with E-state index in [1.54, 1.807) is 19.2 Å². The third-order valence-electron chi connectivity index (χ3n) is 6.05.